The lowest BCUT2D eigenvalue weighted by Crippen LogP contribution is -2.42. The van der Waals surface area contributed by atoms with Crippen molar-refractivity contribution in [3.63, 3.8) is 0 Å². The van der Waals surface area contributed by atoms with Crippen molar-refractivity contribution in [1.82, 2.24) is 4.90 Å². The van der Waals surface area contributed by atoms with Crippen LogP contribution in [0.25, 0.3) is 27.5 Å². The first-order chi connectivity index (χ1) is 17.1. The van der Waals surface area contributed by atoms with E-state index in [-0.39, 0.29) is 17.3 Å². The van der Waals surface area contributed by atoms with Crippen molar-refractivity contribution in [2.24, 2.45) is 0 Å². The second-order valence-corrected chi connectivity index (χ2v) is 8.87. The molecule has 0 bridgehead atoms. The van der Waals surface area contributed by atoms with E-state index in [1.807, 2.05) is 48.5 Å². The van der Waals surface area contributed by atoms with Crippen LogP contribution in [0.5, 0.6) is 5.75 Å². The molecule has 6 rings (SSSR count). The van der Waals surface area contributed by atoms with Gasteiger partial charge in [-0.25, -0.2) is 0 Å². The van der Waals surface area contributed by atoms with Gasteiger partial charge in [0.25, 0.3) is 5.91 Å². The maximum absolute atomic E-state index is 14.1. The number of para-hydroxylation sites is 1. The molecular weight excluding hydrogens is 438 g/mol. The smallest absolute Gasteiger partial charge is 0.258 e. The average Bonchev–Trinajstić information content (AvgIpc) is 3.37. The molecule has 3 aromatic carbocycles. The summed E-state index contributed by atoms with van der Waals surface area (Å²) < 4.78 is 11.5. The Labute approximate surface area is 203 Å². The molecule has 1 atom stereocenters. The van der Waals surface area contributed by atoms with E-state index >= 15 is 0 Å². The summed E-state index contributed by atoms with van der Waals surface area (Å²) >= 11 is 0. The highest BCUT2D eigenvalue weighted by molar-refractivity contribution is 6.56. The summed E-state index contributed by atoms with van der Waals surface area (Å²) in [6.07, 6.45) is 5.10. The SMILES string of the molecule is C#CC(C)Oc1ccccc1C1=C2C(=C(C(=O)N3CCOCC3)C1=O)c1cccc3cccc2c13. The fourth-order valence-electron chi connectivity index (χ4n) is 5.28. The van der Waals surface area contributed by atoms with Crippen LogP contribution in [0.2, 0.25) is 0 Å². The van der Waals surface area contributed by atoms with Crippen molar-refractivity contribution in [3.8, 4) is 18.1 Å². The van der Waals surface area contributed by atoms with Gasteiger partial charge < -0.3 is 14.4 Å². The molecule has 5 heteroatoms. The molecule has 0 spiro atoms. The zero-order chi connectivity index (χ0) is 24.1. The zero-order valence-corrected chi connectivity index (χ0v) is 19.3. The predicted molar refractivity (Wildman–Crippen MR) is 135 cm³/mol. The molecule has 1 aliphatic heterocycles. The van der Waals surface area contributed by atoms with Gasteiger partial charge in [-0.3, -0.25) is 9.59 Å². The highest BCUT2D eigenvalue weighted by atomic mass is 16.5. The first-order valence-corrected chi connectivity index (χ1v) is 11.8. The Balaban J connectivity index is 1.61. The third kappa shape index (κ3) is 3.22. The standard InChI is InChI=1S/C30H23NO4/c1-3-18(2)35-23-13-5-4-10-20(23)27-25-21-11-6-8-19-9-7-12-22(24(19)21)26(25)28(29(27)32)30(33)31-14-16-34-17-15-31/h1,4-13,18H,14-17H2,2H3. The second kappa shape index (κ2) is 8.26. The zero-order valence-electron chi connectivity index (χ0n) is 19.3. The number of nitrogens with zero attached hydrogens (tertiary/aromatic N) is 1. The molecule has 1 unspecified atom stereocenters. The quantitative estimate of drug-likeness (QED) is 0.428. The molecule has 5 nitrogen and oxygen atoms in total. The van der Waals surface area contributed by atoms with Crippen molar-refractivity contribution in [2.75, 3.05) is 26.3 Å². The number of carbonyl (C=O) groups excluding carboxylic acids is 2. The van der Waals surface area contributed by atoms with E-state index < -0.39 is 6.10 Å². The summed E-state index contributed by atoms with van der Waals surface area (Å²) in [5.74, 6) is 2.58. The summed E-state index contributed by atoms with van der Waals surface area (Å²) in [5, 5.41) is 2.14. The summed E-state index contributed by atoms with van der Waals surface area (Å²) in [6, 6.07) is 19.5. The van der Waals surface area contributed by atoms with Crippen molar-refractivity contribution in [3.05, 3.63) is 82.9 Å². The number of Topliss-reactive ketones (excluding diaryl/α,β-unsaturated/α-hetero) is 1. The maximum atomic E-state index is 14.1. The molecule has 3 aliphatic rings. The summed E-state index contributed by atoms with van der Waals surface area (Å²) in [4.78, 5) is 29.7. The highest BCUT2D eigenvalue weighted by Crippen LogP contribution is 2.55. The Morgan fingerprint density at radius 2 is 1.60 bits per heavy atom. The van der Waals surface area contributed by atoms with Gasteiger partial charge in [0.15, 0.2) is 6.10 Å². The first kappa shape index (κ1) is 21.4. The predicted octanol–water partition coefficient (Wildman–Crippen LogP) is 4.36. The van der Waals surface area contributed by atoms with Crippen LogP contribution in [0, 0.1) is 12.3 Å². The van der Waals surface area contributed by atoms with Gasteiger partial charge in [-0.05, 0) is 34.9 Å². The molecule has 172 valence electrons. The van der Waals surface area contributed by atoms with Crippen LogP contribution >= 0.6 is 0 Å². The number of benzene rings is 3. The van der Waals surface area contributed by atoms with Crippen molar-refractivity contribution in [1.29, 1.82) is 0 Å². The van der Waals surface area contributed by atoms with Crippen LogP contribution in [-0.4, -0.2) is 49.0 Å². The number of carbonyl (C=O) groups is 2. The van der Waals surface area contributed by atoms with E-state index in [1.54, 1.807) is 11.8 Å². The molecule has 2 aliphatic carbocycles. The van der Waals surface area contributed by atoms with Crippen molar-refractivity contribution in [2.45, 2.75) is 13.0 Å². The highest BCUT2D eigenvalue weighted by Gasteiger charge is 2.44. The minimum atomic E-state index is -0.468. The van der Waals surface area contributed by atoms with Crippen molar-refractivity contribution < 1.29 is 19.1 Å². The number of morpholine rings is 1. The van der Waals surface area contributed by atoms with Gasteiger partial charge in [-0.2, -0.15) is 0 Å². The fraction of sp³-hybridized carbons (Fsp3) is 0.200. The Morgan fingerprint density at radius 3 is 2.31 bits per heavy atom. The van der Waals surface area contributed by atoms with Crippen LogP contribution in [0.3, 0.4) is 0 Å². The third-order valence-corrected chi connectivity index (χ3v) is 6.85. The Hall–Kier alpha value is -4.14. The minimum absolute atomic E-state index is 0.223. The number of hydrogen-bond acceptors (Lipinski definition) is 4. The monoisotopic (exact) mass is 461 g/mol. The summed E-state index contributed by atoms with van der Waals surface area (Å²) in [6.45, 7) is 3.64. The van der Waals surface area contributed by atoms with E-state index in [2.05, 4.69) is 18.1 Å². The Bertz CT molecular complexity index is 1510. The Kier molecular flexibility index (Phi) is 5.05. The topological polar surface area (TPSA) is 55.8 Å². The van der Waals surface area contributed by atoms with Gasteiger partial charge in [-0.15, -0.1) is 6.42 Å². The number of ketones is 1. The Morgan fingerprint density at radius 1 is 0.943 bits per heavy atom. The molecule has 0 saturated carbocycles. The molecule has 0 aromatic heterocycles. The summed E-state index contributed by atoms with van der Waals surface area (Å²) in [5.41, 5.74) is 4.74. The number of amides is 1. The minimum Gasteiger partial charge on any atom is -0.477 e. The van der Waals surface area contributed by atoms with Gasteiger partial charge in [0.2, 0.25) is 5.78 Å². The van der Waals surface area contributed by atoms with Gasteiger partial charge in [0.1, 0.15) is 5.75 Å². The molecule has 1 heterocycles. The van der Waals surface area contributed by atoms with Gasteiger partial charge in [-0.1, -0.05) is 60.5 Å². The van der Waals surface area contributed by atoms with Gasteiger partial charge >= 0.3 is 0 Å². The van der Waals surface area contributed by atoms with E-state index in [9.17, 15) is 9.59 Å². The fourth-order valence-corrected chi connectivity index (χ4v) is 5.28. The molecule has 3 aromatic rings. The van der Waals surface area contributed by atoms with E-state index in [1.165, 1.54) is 0 Å². The number of hydrogen-bond donors (Lipinski definition) is 0. The molecule has 35 heavy (non-hydrogen) atoms. The summed E-state index contributed by atoms with van der Waals surface area (Å²) in [7, 11) is 0. The van der Waals surface area contributed by atoms with E-state index in [0.29, 0.717) is 48.8 Å². The number of terminal acetylenes is 1. The van der Waals surface area contributed by atoms with Crippen molar-refractivity contribution >= 4 is 39.2 Å². The first-order valence-electron chi connectivity index (χ1n) is 11.8. The van der Waals surface area contributed by atoms with Crippen LogP contribution in [0.1, 0.15) is 23.6 Å². The van der Waals surface area contributed by atoms with Gasteiger partial charge in [0, 0.05) is 35.4 Å². The number of allylic oxidation sites excluding steroid dienone is 3. The number of rotatable bonds is 4. The lowest BCUT2D eigenvalue weighted by atomic mass is 9.94. The number of fused-ring (bicyclic) bond motifs is 3. The number of ether oxygens (including phenoxy) is 2. The lowest BCUT2D eigenvalue weighted by Gasteiger charge is -2.27. The van der Waals surface area contributed by atoms with Crippen LogP contribution in [0.4, 0.5) is 0 Å². The molecular formula is C30H23NO4. The largest absolute Gasteiger partial charge is 0.477 e. The third-order valence-electron chi connectivity index (χ3n) is 6.85. The molecule has 1 amide bonds. The lowest BCUT2D eigenvalue weighted by molar-refractivity contribution is -0.132. The van der Waals surface area contributed by atoms with Gasteiger partial charge in [0.05, 0.1) is 18.8 Å². The normalized spacial score (nSPS) is 17.6. The van der Waals surface area contributed by atoms with Crippen LogP contribution in [-0.2, 0) is 14.3 Å². The van der Waals surface area contributed by atoms with E-state index in [4.69, 9.17) is 15.9 Å². The average molecular weight is 462 g/mol. The maximum Gasteiger partial charge on any atom is 0.258 e. The molecule has 1 fully saturated rings. The van der Waals surface area contributed by atoms with Crippen LogP contribution < -0.4 is 4.74 Å². The molecule has 0 N–H and O–H groups in total. The van der Waals surface area contributed by atoms with E-state index in [0.717, 1.165) is 27.5 Å². The molecule has 0 radical (unpaired) electrons. The molecule has 1 saturated heterocycles. The second-order valence-electron chi connectivity index (χ2n) is 8.87. The van der Waals surface area contributed by atoms with Crippen LogP contribution in [0.15, 0.2) is 66.2 Å².